The van der Waals surface area contributed by atoms with Crippen molar-refractivity contribution in [2.24, 2.45) is 5.41 Å². The Kier molecular flexibility index (Phi) is 5.73. The van der Waals surface area contributed by atoms with E-state index in [9.17, 15) is 8.78 Å². The molecule has 1 N–H and O–H groups in total. The van der Waals surface area contributed by atoms with E-state index in [2.05, 4.69) is 35.1 Å². The van der Waals surface area contributed by atoms with Gasteiger partial charge in [-0.05, 0) is 71.9 Å². The second-order valence-electron chi connectivity index (χ2n) is 5.38. The van der Waals surface area contributed by atoms with Gasteiger partial charge in [0.25, 0.3) is 0 Å². The van der Waals surface area contributed by atoms with Crippen molar-refractivity contribution in [3.8, 4) is 0 Å². The highest BCUT2D eigenvalue weighted by molar-refractivity contribution is 9.10. The van der Waals surface area contributed by atoms with Gasteiger partial charge >= 0.3 is 0 Å². The van der Waals surface area contributed by atoms with Crippen LogP contribution in [0.3, 0.4) is 0 Å². The van der Waals surface area contributed by atoms with Gasteiger partial charge < -0.3 is 5.32 Å². The average Bonchev–Trinajstić information content (AvgIpc) is 2.30. The Labute approximate surface area is 116 Å². The first-order valence-corrected chi connectivity index (χ1v) is 6.93. The van der Waals surface area contributed by atoms with Crippen LogP contribution in [0, 0.1) is 17.0 Å². The Bertz CT molecular complexity index is 405. The molecule has 1 aromatic carbocycles. The topological polar surface area (TPSA) is 12.0 Å². The van der Waals surface area contributed by atoms with Crippen molar-refractivity contribution in [1.29, 1.82) is 0 Å². The summed E-state index contributed by atoms with van der Waals surface area (Å²) in [4.78, 5) is 0. The molecule has 0 unspecified atom stereocenters. The van der Waals surface area contributed by atoms with Gasteiger partial charge in [0.15, 0.2) is 0 Å². The average molecular weight is 320 g/mol. The van der Waals surface area contributed by atoms with E-state index in [-0.39, 0.29) is 15.7 Å². The predicted octanol–water partition coefficient (Wildman–Crippen LogP) is 4.30. The summed E-state index contributed by atoms with van der Waals surface area (Å²) in [5.41, 5.74) is 0.576. The zero-order valence-corrected chi connectivity index (χ0v) is 12.7. The lowest BCUT2D eigenvalue weighted by molar-refractivity contribution is 0.304. The Morgan fingerprint density at radius 3 is 2.44 bits per heavy atom. The van der Waals surface area contributed by atoms with Crippen LogP contribution in [0.1, 0.15) is 32.3 Å². The maximum Gasteiger partial charge on any atom is 0.137 e. The highest BCUT2D eigenvalue weighted by atomic mass is 79.9. The van der Waals surface area contributed by atoms with Crippen molar-refractivity contribution in [2.45, 2.75) is 33.1 Å². The molecule has 0 heterocycles. The van der Waals surface area contributed by atoms with Gasteiger partial charge in [-0.2, -0.15) is 0 Å². The molecule has 0 amide bonds. The molecule has 18 heavy (non-hydrogen) atoms. The van der Waals surface area contributed by atoms with Crippen molar-refractivity contribution in [3.63, 3.8) is 0 Å². The van der Waals surface area contributed by atoms with Gasteiger partial charge in [0.05, 0.1) is 4.47 Å². The molecule has 0 radical (unpaired) electrons. The quantitative estimate of drug-likeness (QED) is 0.771. The number of halogens is 3. The number of aryl methyl sites for hydroxylation is 1. The summed E-state index contributed by atoms with van der Waals surface area (Å²) in [6.07, 6.45) is 2.42. The smallest absolute Gasteiger partial charge is 0.137 e. The molecule has 0 atom stereocenters. The minimum Gasteiger partial charge on any atom is -0.320 e. The molecule has 0 saturated heterocycles. The van der Waals surface area contributed by atoms with Crippen molar-refractivity contribution >= 4 is 15.9 Å². The lowest BCUT2D eigenvalue weighted by Gasteiger charge is -2.24. The van der Waals surface area contributed by atoms with Crippen LogP contribution in [0.5, 0.6) is 0 Å². The van der Waals surface area contributed by atoms with Gasteiger partial charge in [0.1, 0.15) is 11.6 Å². The summed E-state index contributed by atoms with van der Waals surface area (Å²) in [5.74, 6) is -0.743. The maximum absolute atomic E-state index is 13.6. The van der Waals surface area contributed by atoms with Gasteiger partial charge in [0.2, 0.25) is 0 Å². The minimum absolute atomic E-state index is 0.124. The normalized spacial score (nSPS) is 11.9. The Hall–Kier alpha value is -0.480. The van der Waals surface area contributed by atoms with E-state index in [4.69, 9.17) is 0 Å². The van der Waals surface area contributed by atoms with Crippen LogP contribution in [0.25, 0.3) is 0 Å². The third-order valence-electron chi connectivity index (χ3n) is 3.21. The van der Waals surface area contributed by atoms with E-state index in [1.165, 1.54) is 12.1 Å². The summed E-state index contributed by atoms with van der Waals surface area (Å²) >= 11 is 2.98. The van der Waals surface area contributed by atoms with Gasteiger partial charge in [-0.25, -0.2) is 8.78 Å². The Morgan fingerprint density at radius 2 is 1.83 bits per heavy atom. The van der Waals surface area contributed by atoms with Crippen molar-refractivity contribution in [2.75, 3.05) is 13.6 Å². The molecule has 0 spiro atoms. The molecule has 1 aromatic rings. The van der Waals surface area contributed by atoms with Crippen LogP contribution in [0.15, 0.2) is 16.6 Å². The predicted molar refractivity (Wildman–Crippen MR) is 74.7 cm³/mol. The van der Waals surface area contributed by atoms with Crippen molar-refractivity contribution < 1.29 is 8.78 Å². The number of rotatable bonds is 6. The third-order valence-corrected chi connectivity index (χ3v) is 3.82. The van der Waals surface area contributed by atoms with Gasteiger partial charge in [-0.15, -0.1) is 0 Å². The summed E-state index contributed by atoms with van der Waals surface area (Å²) in [7, 11) is 1.92. The first kappa shape index (κ1) is 15.6. The van der Waals surface area contributed by atoms with Crippen molar-refractivity contribution in [3.05, 3.63) is 33.8 Å². The summed E-state index contributed by atoms with van der Waals surface area (Å²) in [6, 6.07) is 2.48. The zero-order chi connectivity index (χ0) is 13.8. The molecule has 1 rings (SSSR count). The molecular formula is C14H20BrF2N. The highest BCUT2D eigenvalue weighted by Gasteiger charge is 2.18. The summed E-state index contributed by atoms with van der Waals surface area (Å²) in [6.45, 7) is 5.24. The molecule has 0 fully saturated rings. The number of hydrogen-bond donors (Lipinski definition) is 1. The Morgan fingerprint density at radius 1 is 1.17 bits per heavy atom. The minimum atomic E-state index is -0.403. The second-order valence-corrected chi connectivity index (χ2v) is 6.23. The first-order chi connectivity index (χ1) is 8.35. The van der Waals surface area contributed by atoms with E-state index in [0.29, 0.717) is 12.0 Å². The van der Waals surface area contributed by atoms with Crippen LogP contribution < -0.4 is 5.32 Å². The number of benzene rings is 1. The zero-order valence-electron chi connectivity index (χ0n) is 11.1. The maximum atomic E-state index is 13.6. The first-order valence-electron chi connectivity index (χ1n) is 6.14. The molecule has 0 aliphatic rings. The standard InChI is InChI=1S/C14H20BrF2N/c1-14(2,6-7-18-3)5-4-10-8-13(17)11(15)9-12(10)16/h8-9,18H,4-7H2,1-3H3. The fourth-order valence-electron chi connectivity index (χ4n) is 1.82. The fourth-order valence-corrected chi connectivity index (χ4v) is 2.13. The van der Waals surface area contributed by atoms with Crippen LogP contribution >= 0.6 is 15.9 Å². The molecule has 4 heteroatoms. The lowest BCUT2D eigenvalue weighted by Crippen LogP contribution is -2.20. The second kappa shape index (κ2) is 6.62. The van der Waals surface area contributed by atoms with Gasteiger partial charge in [-0.3, -0.25) is 0 Å². The van der Waals surface area contributed by atoms with E-state index >= 15 is 0 Å². The summed E-state index contributed by atoms with van der Waals surface area (Å²) < 4.78 is 27.2. The molecule has 0 aromatic heterocycles. The van der Waals surface area contributed by atoms with Gasteiger partial charge in [-0.1, -0.05) is 13.8 Å². The van der Waals surface area contributed by atoms with E-state index in [1.807, 2.05) is 7.05 Å². The Balaban J connectivity index is 2.66. The van der Waals surface area contributed by atoms with Crippen LogP contribution in [0.4, 0.5) is 8.78 Å². The van der Waals surface area contributed by atoms with Crippen LogP contribution in [-0.2, 0) is 6.42 Å². The molecule has 0 aliphatic heterocycles. The van der Waals surface area contributed by atoms with Crippen LogP contribution in [0.2, 0.25) is 0 Å². The molecule has 0 saturated carbocycles. The van der Waals surface area contributed by atoms with E-state index in [0.717, 1.165) is 19.4 Å². The number of nitrogens with one attached hydrogen (secondary N) is 1. The fraction of sp³-hybridized carbons (Fsp3) is 0.571. The SMILES string of the molecule is CNCCC(C)(C)CCc1cc(F)c(Br)cc1F. The molecular weight excluding hydrogens is 300 g/mol. The lowest BCUT2D eigenvalue weighted by atomic mass is 9.83. The third kappa shape index (κ3) is 4.65. The van der Waals surface area contributed by atoms with E-state index in [1.54, 1.807) is 0 Å². The molecule has 102 valence electrons. The monoisotopic (exact) mass is 319 g/mol. The molecule has 0 bridgehead atoms. The highest BCUT2D eigenvalue weighted by Crippen LogP contribution is 2.28. The van der Waals surface area contributed by atoms with E-state index < -0.39 is 5.82 Å². The number of hydrogen-bond acceptors (Lipinski definition) is 1. The largest absolute Gasteiger partial charge is 0.320 e. The van der Waals surface area contributed by atoms with Crippen molar-refractivity contribution in [1.82, 2.24) is 5.32 Å². The van der Waals surface area contributed by atoms with Gasteiger partial charge in [0, 0.05) is 0 Å². The summed E-state index contributed by atoms with van der Waals surface area (Å²) in [5, 5.41) is 3.11. The van der Waals surface area contributed by atoms with Crippen LogP contribution in [-0.4, -0.2) is 13.6 Å². The molecule has 1 nitrogen and oxygen atoms in total. The molecule has 0 aliphatic carbocycles.